The minimum Gasteiger partial charge on any atom is -0.428 e. The maximum absolute atomic E-state index is 10.9. The summed E-state index contributed by atoms with van der Waals surface area (Å²) >= 11 is 0.656. The zero-order valence-electron chi connectivity index (χ0n) is 15.2. The second kappa shape index (κ2) is 9.07. The zero-order valence-corrected chi connectivity index (χ0v) is 16.8. The van der Waals surface area contributed by atoms with Gasteiger partial charge in [0.05, 0.1) is 12.1 Å². The number of nitrogens with zero attached hydrogens (tertiary/aromatic N) is 2. The van der Waals surface area contributed by atoms with E-state index in [0.717, 1.165) is 4.73 Å². The summed E-state index contributed by atoms with van der Waals surface area (Å²) in [5.74, 6) is 0. The lowest BCUT2D eigenvalue weighted by Crippen LogP contribution is -2.57. The number of fused-ring (bicyclic) bond motifs is 1. The number of rotatable bonds is 6. The molecular weight excluding hydrogens is 444 g/mol. The minimum atomic E-state index is -4.93. The summed E-state index contributed by atoms with van der Waals surface area (Å²) in [4.78, 5) is 0. The molecule has 0 unspecified atom stereocenters. The number of para-hydroxylation sites is 1. The molecule has 0 spiro atoms. The summed E-state index contributed by atoms with van der Waals surface area (Å²) in [5, 5.41) is 53.2. The first kappa shape index (κ1) is 22.8. The van der Waals surface area contributed by atoms with Crippen LogP contribution in [0.2, 0.25) is 0 Å². The molecule has 1 aliphatic rings. The molecular formula is C16H20N2O10S2. The van der Waals surface area contributed by atoms with Crippen molar-refractivity contribution >= 4 is 38.1 Å². The molecule has 2 heterocycles. The molecule has 5 atom stereocenters. The van der Waals surface area contributed by atoms with Crippen molar-refractivity contribution in [3.05, 3.63) is 36.0 Å². The first-order chi connectivity index (χ1) is 14.1. The number of hydrogen-bond acceptors (Lipinski definition) is 11. The van der Waals surface area contributed by atoms with Crippen LogP contribution in [0.25, 0.3) is 10.9 Å². The molecule has 6 N–H and O–H groups in total. The molecule has 30 heavy (non-hydrogen) atoms. The van der Waals surface area contributed by atoms with Crippen LogP contribution in [0, 0.1) is 0 Å². The molecule has 0 aliphatic carbocycles. The fourth-order valence-electron chi connectivity index (χ4n) is 3.02. The van der Waals surface area contributed by atoms with Gasteiger partial charge in [0.2, 0.25) is 0 Å². The van der Waals surface area contributed by atoms with E-state index < -0.39 is 46.9 Å². The van der Waals surface area contributed by atoms with E-state index in [0.29, 0.717) is 28.2 Å². The summed E-state index contributed by atoms with van der Waals surface area (Å²) in [6.07, 6.45) is -4.74. The maximum Gasteiger partial charge on any atom is 0.466 e. The highest BCUT2D eigenvalue weighted by molar-refractivity contribution is 8.14. The molecule has 0 bridgehead atoms. The van der Waals surface area contributed by atoms with Crippen LogP contribution in [0.5, 0.6) is 0 Å². The summed E-state index contributed by atoms with van der Waals surface area (Å²) in [5.41, 5.74) is -0.282. The Morgan fingerprint density at radius 2 is 1.90 bits per heavy atom. The van der Waals surface area contributed by atoms with Gasteiger partial charge in [-0.3, -0.25) is 4.55 Å². The molecule has 0 radical (unpaired) electrons. The predicted molar refractivity (Wildman–Crippen MR) is 104 cm³/mol. The van der Waals surface area contributed by atoms with E-state index in [1.807, 2.05) is 0 Å². The number of hydrogen-bond donors (Lipinski definition) is 6. The Morgan fingerprint density at radius 1 is 1.20 bits per heavy atom. The van der Waals surface area contributed by atoms with Gasteiger partial charge in [0, 0.05) is 18.0 Å². The van der Waals surface area contributed by atoms with E-state index in [4.69, 9.17) is 9.29 Å². The lowest BCUT2D eigenvalue weighted by atomic mass is 10.0. The Kier molecular flexibility index (Phi) is 6.88. The number of aromatic nitrogens is 1. The van der Waals surface area contributed by atoms with Crippen LogP contribution in [0.1, 0.15) is 5.56 Å². The Balaban J connectivity index is 1.89. The van der Waals surface area contributed by atoms with Gasteiger partial charge in [-0.1, -0.05) is 35.1 Å². The van der Waals surface area contributed by atoms with Gasteiger partial charge in [0.15, 0.2) is 0 Å². The summed E-state index contributed by atoms with van der Waals surface area (Å²) in [6, 6.07) is 6.78. The summed E-state index contributed by atoms with van der Waals surface area (Å²) < 4.78 is 41.0. The van der Waals surface area contributed by atoms with E-state index in [1.54, 1.807) is 24.3 Å². The Morgan fingerprint density at radius 3 is 2.57 bits per heavy atom. The second-order valence-electron chi connectivity index (χ2n) is 6.50. The predicted octanol–water partition coefficient (Wildman–Crippen LogP) is -0.913. The van der Waals surface area contributed by atoms with Crippen LogP contribution in [-0.2, 0) is 25.8 Å². The van der Waals surface area contributed by atoms with Gasteiger partial charge >= 0.3 is 10.4 Å². The van der Waals surface area contributed by atoms with Crippen molar-refractivity contribution in [3.8, 4) is 0 Å². The first-order valence-corrected chi connectivity index (χ1v) is 10.8. The molecule has 1 fully saturated rings. The lowest BCUT2D eigenvalue weighted by Gasteiger charge is -2.39. The van der Waals surface area contributed by atoms with Gasteiger partial charge in [0.1, 0.15) is 34.9 Å². The number of aliphatic hydroxyl groups excluding tert-OH is 4. The SMILES string of the molecule is O=S(=O)(O)O/N=C(\Cc1cn(O)c2ccccc12)S[C@@H]1O[C@H](CO)[C@@H](O)[C@H](O)[C@H]1O. The summed E-state index contributed by atoms with van der Waals surface area (Å²) in [7, 11) is -4.93. The van der Waals surface area contributed by atoms with Crippen LogP contribution in [0.4, 0.5) is 0 Å². The van der Waals surface area contributed by atoms with E-state index in [1.165, 1.54) is 6.20 Å². The zero-order chi connectivity index (χ0) is 22.1. The third-order valence-electron chi connectivity index (χ3n) is 4.45. The Labute approximate surface area is 174 Å². The summed E-state index contributed by atoms with van der Waals surface area (Å²) in [6.45, 7) is -0.645. The molecule has 14 heteroatoms. The fraction of sp³-hybridized carbons (Fsp3) is 0.438. The highest BCUT2D eigenvalue weighted by Gasteiger charge is 2.44. The number of aliphatic hydroxyl groups is 4. The van der Waals surface area contributed by atoms with Crippen molar-refractivity contribution in [2.75, 3.05) is 6.61 Å². The normalized spacial score (nSPS) is 28.0. The number of ether oxygens (including phenoxy) is 1. The van der Waals surface area contributed by atoms with Crippen molar-refractivity contribution in [2.24, 2.45) is 5.16 Å². The Bertz CT molecular complexity index is 1020. The van der Waals surface area contributed by atoms with Gasteiger partial charge in [-0.2, -0.15) is 13.1 Å². The van der Waals surface area contributed by atoms with Crippen molar-refractivity contribution in [1.82, 2.24) is 4.73 Å². The lowest BCUT2D eigenvalue weighted by molar-refractivity contribution is -0.205. The third-order valence-corrected chi connectivity index (χ3v) is 5.83. The number of benzene rings is 1. The number of thioether (sulfide) groups is 1. The van der Waals surface area contributed by atoms with Crippen LogP contribution in [0.3, 0.4) is 0 Å². The van der Waals surface area contributed by atoms with Gasteiger partial charge in [-0.25, -0.2) is 4.28 Å². The molecule has 1 aromatic carbocycles. The molecule has 1 saturated heterocycles. The van der Waals surface area contributed by atoms with E-state index in [2.05, 4.69) is 9.44 Å². The average molecular weight is 464 g/mol. The topological polar surface area (TPSA) is 191 Å². The molecule has 12 nitrogen and oxygen atoms in total. The van der Waals surface area contributed by atoms with Crippen molar-refractivity contribution in [3.63, 3.8) is 0 Å². The van der Waals surface area contributed by atoms with Crippen molar-refractivity contribution < 1.29 is 47.6 Å². The largest absolute Gasteiger partial charge is 0.466 e. The van der Waals surface area contributed by atoms with Gasteiger partial charge in [0.25, 0.3) is 0 Å². The van der Waals surface area contributed by atoms with E-state index >= 15 is 0 Å². The monoisotopic (exact) mass is 464 g/mol. The molecule has 1 aromatic heterocycles. The maximum atomic E-state index is 10.9. The standard InChI is InChI=1S/C16H20N2O10S2/c19-7-11-13(20)14(21)15(22)16(27-11)29-12(17-28-30(24,25)26)5-8-6-18(23)10-4-2-1-3-9(8)10/h1-4,6,11,13-16,19-23H,5,7H2,(H,24,25,26)/b17-12+/t11-,13-,14+,15-,16+/m1/s1. The molecule has 2 aromatic rings. The van der Waals surface area contributed by atoms with Gasteiger partial charge < -0.3 is 30.4 Å². The molecule has 1 aliphatic heterocycles. The highest BCUT2D eigenvalue weighted by atomic mass is 32.3. The van der Waals surface area contributed by atoms with E-state index in [9.17, 15) is 34.1 Å². The van der Waals surface area contributed by atoms with Gasteiger partial charge in [-0.15, -0.1) is 0 Å². The third kappa shape index (κ3) is 5.04. The molecule has 166 valence electrons. The smallest absolute Gasteiger partial charge is 0.428 e. The van der Waals surface area contributed by atoms with Crippen molar-refractivity contribution in [2.45, 2.75) is 36.3 Å². The van der Waals surface area contributed by atoms with Crippen LogP contribution < -0.4 is 0 Å². The highest BCUT2D eigenvalue weighted by Crippen LogP contribution is 2.31. The minimum absolute atomic E-state index is 0.103. The molecule has 0 amide bonds. The molecule has 0 saturated carbocycles. The Hall–Kier alpha value is -1.91. The van der Waals surface area contributed by atoms with Crippen molar-refractivity contribution in [1.29, 1.82) is 0 Å². The molecule has 3 rings (SSSR count). The van der Waals surface area contributed by atoms with Gasteiger partial charge in [-0.05, 0) is 11.6 Å². The van der Waals surface area contributed by atoms with Crippen LogP contribution in [-0.4, -0.2) is 84.8 Å². The number of oxime groups is 1. The van der Waals surface area contributed by atoms with Crippen LogP contribution >= 0.6 is 11.8 Å². The second-order valence-corrected chi connectivity index (χ2v) is 8.67. The quantitative estimate of drug-likeness (QED) is 0.102. The fourth-order valence-corrected chi connectivity index (χ4v) is 4.34. The first-order valence-electron chi connectivity index (χ1n) is 8.59. The van der Waals surface area contributed by atoms with E-state index in [-0.39, 0.29) is 11.5 Å². The van der Waals surface area contributed by atoms with Crippen LogP contribution in [0.15, 0.2) is 35.6 Å². The average Bonchev–Trinajstić information content (AvgIpc) is 3.01.